The van der Waals surface area contributed by atoms with E-state index in [4.69, 9.17) is 9.47 Å². The second kappa shape index (κ2) is 10.6. The van der Waals surface area contributed by atoms with Gasteiger partial charge in [-0.15, -0.1) is 0 Å². The number of carbonyl (C=O) groups is 1. The molecule has 182 valence electrons. The van der Waals surface area contributed by atoms with Crippen molar-refractivity contribution in [3.05, 3.63) is 126 Å². The molecule has 0 radical (unpaired) electrons. The summed E-state index contributed by atoms with van der Waals surface area (Å²) in [5.74, 6) is 1.61. The number of fused-ring (bicyclic) bond motifs is 1. The number of benzene rings is 4. The number of carbonyl (C=O) groups excluding carboxylic acids is 1. The first-order chi connectivity index (χ1) is 17.7. The molecule has 0 fully saturated rings. The molecule has 1 heterocycles. The number of amides is 1. The summed E-state index contributed by atoms with van der Waals surface area (Å²) in [7, 11) is 0. The van der Waals surface area contributed by atoms with Gasteiger partial charge in [0.05, 0.1) is 5.56 Å². The zero-order chi connectivity index (χ0) is 24.8. The van der Waals surface area contributed by atoms with Gasteiger partial charge in [0, 0.05) is 12.2 Å². The number of hydrogen-bond donors (Lipinski definition) is 1. The van der Waals surface area contributed by atoms with Crippen LogP contribution in [0.3, 0.4) is 0 Å². The largest absolute Gasteiger partial charge is 0.490 e. The van der Waals surface area contributed by atoms with Gasteiger partial charge in [-0.2, -0.15) is 0 Å². The van der Waals surface area contributed by atoms with Gasteiger partial charge in [0.25, 0.3) is 5.91 Å². The highest BCUT2D eigenvalue weighted by atomic mass is 16.5. The first-order valence-corrected chi connectivity index (χ1v) is 12.3. The highest BCUT2D eigenvalue weighted by Gasteiger charge is 2.44. The van der Waals surface area contributed by atoms with Crippen LogP contribution in [0.2, 0.25) is 0 Å². The molecule has 0 aliphatic carbocycles. The highest BCUT2D eigenvalue weighted by Crippen LogP contribution is 2.41. The lowest BCUT2D eigenvalue weighted by Gasteiger charge is -2.48. The summed E-state index contributed by atoms with van der Waals surface area (Å²) >= 11 is 0. The van der Waals surface area contributed by atoms with E-state index in [-0.39, 0.29) is 5.91 Å². The van der Waals surface area contributed by atoms with E-state index in [1.54, 1.807) is 0 Å². The molecule has 0 bridgehead atoms. The molecule has 0 saturated carbocycles. The van der Waals surface area contributed by atoms with Crippen molar-refractivity contribution >= 4 is 11.6 Å². The van der Waals surface area contributed by atoms with Gasteiger partial charge in [0.2, 0.25) is 0 Å². The van der Waals surface area contributed by atoms with Crippen LogP contribution in [0.4, 0.5) is 5.69 Å². The van der Waals surface area contributed by atoms with Crippen molar-refractivity contribution in [1.82, 2.24) is 4.90 Å². The van der Waals surface area contributed by atoms with Crippen molar-refractivity contribution in [2.75, 3.05) is 18.5 Å². The van der Waals surface area contributed by atoms with Gasteiger partial charge in [0.1, 0.15) is 30.4 Å². The molecular formula is C31H30N2O3. The van der Waals surface area contributed by atoms with E-state index in [1.165, 1.54) is 0 Å². The topological polar surface area (TPSA) is 50.8 Å². The molecule has 0 saturated heterocycles. The average Bonchev–Trinajstić information content (AvgIpc) is 2.94. The van der Waals surface area contributed by atoms with Crippen LogP contribution in [-0.4, -0.2) is 24.0 Å². The molecule has 5 nitrogen and oxygen atoms in total. The number of rotatable bonds is 9. The van der Waals surface area contributed by atoms with Gasteiger partial charge in [0.15, 0.2) is 0 Å². The molecule has 0 spiro atoms. The normalized spacial score (nSPS) is 16.7. The molecule has 4 aromatic carbocycles. The molecule has 4 aromatic rings. The summed E-state index contributed by atoms with van der Waals surface area (Å²) in [6.45, 7) is 3.52. The Balaban J connectivity index is 1.37. The van der Waals surface area contributed by atoms with Crippen LogP contribution < -0.4 is 14.8 Å². The maximum atomic E-state index is 13.8. The van der Waals surface area contributed by atoms with Crippen LogP contribution in [-0.2, 0) is 12.2 Å². The molecule has 1 N–H and O–H groups in total. The van der Waals surface area contributed by atoms with Gasteiger partial charge >= 0.3 is 0 Å². The van der Waals surface area contributed by atoms with E-state index in [9.17, 15) is 4.79 Å². The van der Waals surface area contributed by atoms with E-state index in [2.05, 4.69) is 24.4 Å². The van der Waals surface area contributed by atoms with Gasteiger partial charge < -0.3 is 19.7 Å². The van der Waals surface area contributed by atoms with Crippen LogP contribution in [0.1, 0.15) is 34.8 Å². The van der Waals surface area contributed by atoms with Crippen LogP contribution in [0.5, 0.6) is 11.5 Å². The van der Waals surface area contributed by atoms with E-state index >= 15 is 0 Å². The summed E-state index contributed by atoms with van der Waals surface area (Å²) < 4.78 is 11.6. The van der Waals surface area contributed by atoms with Gasteiger partial charge in [-0.25, -0.2) is 0 Å². The van der Waals surface area contributed by atoms with Crippen molar-refractivity contribution in [2.45, 2.75) is 25.6 Å². The predicted octanol–water partition coefficient (Wildman–Crippen LogP) is 6.48. The molecule has 36 heavy (non-hydrogen) atoms. The fourth-order valence-electron chi connectivity index (χ4n) is 4.73. The molecule has 1 atom stereocenters. The fraction of sp³-hybridized carbons (Fsp3) is 0.194. The predicted molar refractivity (Wildman–Crippen MR) is 142 cm³/mol. The molecule has 1 aliphatic heterocycles. The third-order valence-corrected chi connectivity index (χ3v) is 6.60. The Morgan fingerprint density at radius 3 is 1.97 bits per heavy atom. The molecule has 1 aliphatic rings. The molecule has 1 amide bonds. The minimum atomic E-state index is -0.684. The number of anilines is 1. The maximum absolute atomic E-state index is 13.8. The molecule has 5 rings (SSSR count). The average molecular weight is 479 g/mol. The van der Waals surface area contributed by atoms with Crippen LogP contribution in [0.15, 0.2) is 109 Å². The third-order valence-electron chi connectivity index (χ3n) is 6.60. The van der Waals surface area contributed by atoms with Crippen molar-refractivity contribution in [3.8, 4) is 11.5 Å². The van der Waals surface area contributed by atoms with E-state index in [0.29, 0.717) is 31.7 Å². The van der Waals surface area contributed by atoms with Gasteiger partial charge in [-0.1, -0.05) is 79.7 Å². The zero-order valence-corrected chi connectivity index (χ0v) is 20.4. The zero-order valence-electron chi connectivity index (χ0n) is 20.4. The standard InChI is InChI=1S/C31H30N2O3/c1-2-31(25-17-19-27(20-18-25)36-22-21-35-26-13-7-4-8-14-26)32-29-16-10-9-15-28(29)30(34)33(31)23-24-11-5-3-6-12-24/h3-20,32H,2,21-23H2,1H3. The fourth-order valence-corrected chi connectivity index (χ4v) is 4.73. The molecule has 0 aromatic heterocycles. The Kier molecular flexibility index (Phi) is 6.89. The lowest BCUT2D eigenvalue weighted by Crippen LogP contribution is -2.56. The van der Waals surface area contributed by atoms with Crippen molar-refractivity contribution in [1.29, 1.82) is 0 Å². The Bertz CT molecular complexity index is 1290. The third kappa shape index (κ3) is 4.78. The quantitative estimate of drug-likeness (QED) is 0.280. The Morgan fingerprint density at radius 1 is 0.722 bits per heavy atom. The lowest BCUT2D eigenvalue weighted by atomic mass is 9.89. The van der Waals surface area contributed by atoms with Crippen LogP contribution in [0.25, 0.3) is 0 Å². The summed E-state index contributed by atoms with van der Waals surface area (Å²) in [6.07, 6.45) is 0.699. The van der Waals surface area contributed by atoms with E-state index in [1.807, 2.05) is 102 Å². The van der Waals surface area contributed by atoms with Crippen molar-refractivity contribution < 1.29 is 14.3 Å². The minimum absolute atomic E-state index is 0.0217. The van der Waals surface area contributed by atoms with Crippen LogP contribution >= 0.6 is 0 Å². The van der Waals surface area contributed by atoms with Crippen molar-refractivity contribution in [2.24, 2.45) is 0 Å². The number of hydrogen-bond acceptors (Lipinski definition) is 4. The van der Waals surface area contributed by atoms with Gasteiger partial charge in [-0.3, -0.25) is 4.79 Å². The lowest BCUT2D eigenvalue weighted by molar-refractivity contribution is 0.0454. The summed E-state index contributed by atoms with van der Waals surface area (Å²) in [5.41, 5.74) is 2.96. The highest BCUT2D eigenvalue weighted by molar-refractivity contribution is 6.02. The second-order valence-corrected chi connectivity index (χ2v) is 8.80. The number of para-hydroxylation sites is 2. The Hall–Kier alpha value is -4.25. The monoisotopic (exact) mass is 478 g/mol. The maximum Gasteiger partial charge on any atom is 0.258 e. The summed E-state index contributed by atoms with van der Waals surface area (Å²) in [5, 5.41) is 3.71. The smallest absolute Gasteiger partial charge is 0.258 e. The molecular weight excluding hydrogens is 448 g/mol. The van der Waals surface area contributed by atoms with Crippen molar-refractivity contribution in [3.63, 3.8) is 0 Å². The van der Waals surface area contributed by atoms with Gasteiger partial charge in [-0.05, 0) is 53.9 Å². The number of ether oxygens (including phenoxy) is 2. The SMILES string of the molecule is CCC1(c2ccc(OCCOc3ccccc3)cc2)Nc2ccccc2C(=O)N1Cc1ccccc1. The van der Waals surface area contributed by atoms with Crippen LogP contribution in [0, 0.1) is 0 Å². The number of nitrogens with zero attached hydrogens (tertiary/aromatic N) is 1. The Labute approximate surface area is 212 Å². The Morgan fingerprint density at radius 2 is 1.31 bits per heavy atom. The minimum Gasteiger partial charge on any atom is -0.490 e. The summed E-state index contributed by atoms with van der Waals surface area (Å²) in [6, 6.07) is 35.6. The first-order valence-electron chi connectivity index (χ1n) is 12.3. The number of nitrogens with one attached hydrogen (secondary N) is 1. The second-order valence-electron chi connectivity index (χ2n) is 8.80. The first kappa shape index (κ1) is 23.5. The summed E-state index contributed by atoms with van der Waals surface area (Å²) in [4.78, 5) is 15.7. The molecule has 5 heteroatoms. The van der Waals surface area contributed by atoms with E-state index in [0.717, 1.165) is 28.3 Å². The van der Waals surface area contributed by atoms with E-state index < -0.39 is 5.66 Å². The molecule has 1 unspecified atom stereocenters.